The molecule has 0 saturated heterocycles. The van der Waals surface area contributed by atoms with Crippen molar-refractivity contribution in [1.82, 2.24) is 9.88 Å². The van der Waals surface area contributed by atoms with Crippen molar-refractivity contribution in [3.63, 3.8) is 0 Å². The minimum Gasteiger partial charge on any atom is -0.351 e. The van der Waals surface area contributed by atoms with Crippen LogP contribution in [0.2, 0.25) is 0 Å². The predicted molar refractivity (Wildman–Crippen MR) is 88.2 cm³/mol. The highest BCUT2D eigenvalue weighted by Gasteiger charge is 2.14. The lowest BCUT2D eigenvalue weighted by Crippen LogP contribution is -2.26. The molecule has 0 aliphatic heterocycles. The fourth-order valence-corrected chi connectivity index (χ4v) is 2.82. The molecule has 0 aliphatic rings. The number of nitrogens with one attached hydrogen (secondary N) is 1. The normalized spacial score (nSPS) is 10.8. The third-order valence-electron chi connectivity index (χ3n) is 3.42. The number of hydrogen-bond acceptors (Lipinski definition) is 1. The van der Waals surface area contributed by atoms with Crippen molar-refractivity contribution >= 4 is 32.7 Å². The van der Waals surface area contributed by atoms with Gasteiger partial charge in [0.05, 0.1) is 0 Å². The minimum absolute atomic E-state index is 0.00817. The van der Waals surface area contributed by atoms with Gasteiger partial charge in [-0.2, -0.15) is 0 Å². The second kappa shape index (κ2) is 5.74. The van der Waals surface area contributed by atoms with Gasteiger partial charge in [-0.3, -0.25) is 4.79 Å². The largest absolute Gasteiger partial charge is 0.351 e. The maximum Gasteiger partial charge on any atom is 0.270 e. The molecule has 0 fully saturated rings. The van der Waals surface area contributed by atoms with E-state index >= 15 is 0 Å². The molecule has 0 radical (unpaired) electrons. The highest BCUT2D eigenvalue weighted by Crippen LogP contribution is 2.17. The maximum atomic E-state index is 12.5. The molecule has 1 heterocycles. The third kappa shape index (κ3) is 3.00. The van der Waals surface area contributed by atoms with Crippen LogP contribution in [0.1, 0.15) is 16.1 Å². The summed E-state index contributed by atoms with van der Waals surface area (Å²) >= 11 is 3.45. The molecular formula is C17H15BrN2O. The first kappa shape index (κ1) is 13.9. The van der Waals surface area contributed by atoms with Crippen molar-refractivity contribution in [3.05, 3.63) is 70.3 Å². The molecule has 3 nitrogen and oxygen atoms in total. The zero-order valence-electron chi connectivity index (χ0n) is 11.6. The lowest BCUT2D eigenvalue weighted by Gasteiger charge is -2.16. The third-order valence-corrected chi connectivity index (χ3v) is 3.91. The van der Waals surface area contributed by atoms with Crippen molar-refractivity contribution in [2.75, 3.05) is 7.05 Å². The van der Waals surface area contributed by atoms with Crippen LogP contribution in [0.5, 0.6) is 0 Å². The van der Waals surface area contributed by atoms with Crippen LogP contribution in [0, 0.1) is 0 Å². The molecule has 0 saturated carbocycles. The Bertz CT molecular complexity index is 761. The van der Waals surface area contributed by atoms with Crippen molar-refractivity contribution < 1.29 is 4.79 Å². The van der Waals surface area contributed by atoms with Crippen molar-refractivity contribution in [2.45, 2.75) is 6.54 Å². The lowest BCUT2D eigenvalue weighted by atomic mass is 10.2. The Morgan fingerprint density at radius 2 is 1.95 bits per heavy atom. The molecule has 106 valence electrons. The zero-order chi connectivity index (χ0) is 14.8. The van der Waals surface area contributed by atoms with Crippen LogP contribution in [-0.4, -0.2) is 22.8 Å². The van der Waals surface area contributed by atoms with E-state index in [0.29, 0.717) is 12.2 Å². The summed E-state index contributed by atoms with van der Waals surface area (Å²) in [7, 11) is 1.81. The quantitative estimate of drug-likeness (QED) is 0.760. The highest BCUT2D eigenvalue weighted by atomic mass is 79.9. The smallest absolute Gasteiger partial charge is 0.270 e. The fourth-order valence-electron chi connectivity index (χ4n) is 2.38. The molecule has 1 aromatic heterocycles. The van der Waals surface area contributed by atoms with Crippen LogP contribution < -0.4 is 0 Å². The topological polar surface area (TPSA) is 36.1 Å². The SMILES string of the molecule is CN(Cc1cccc(Br)c1)C(=O)c1cc2ccccc2[nH]1. The van der Waals surface area contributed by atoms with Crippen molar-refractivity contribution in [3.8, 4) is 0 Å². The molecular weight excluding hydrogens is 328 g/mol. The molecule has 3 rings (SSSR count). The summed E-state index contributed by atoms with van der Waals surface area (Å²) in [5, 5.41) is 1.05. The van der Waals surface area contributed by atoms with Gasteiger partial charge in [-0.15, -0.1) is 0 Å². The molecule has 1 N–H and O–H groups in total. The van der Waals surface area contributed by atoms with Crippen LogP contribution in [0.25, 0.3) is 10.9 Å². The Hall–Kier alpha value is -2.07. The first-order chi connectivity index (χ1) is 10.1. The standard InChI is InChI=1S/C17H15BrN2O/c1-20(11-12-5-4-7-14(18)9-12)17(21)16-10-13-6-2-3-8-15(13)19-16/h2-10,19H,11H2,1H3. The number of hydrogen-bond donors (Lipinski definition) is 1. The fraction of sp³-hybridized carbons (Fsp3) is 0.118. The van der Waals surface area contributed by atoms with Gasteiger partial charge in [-0.1, -0.05) is 46.3 Å². The number of halogens is 1. The molecule has 21 heavy (non-hydrogen) atoms. The molecule has 0 aliphatic carbocycles. The van der Waals surface area contributed by atoms with E-state index in [0.717, 1.165) is 20.9 Å². The van der Waals surface area contributed by atoms with Crippen molar-refractivity contribution in [1.29, 1.82) is 0 Å². The first-order valence-electron chi connectivity index (χ1n) is 6.71. The lowest BCUT2D eigenvalue weighted by molar-refractivity contribution is 0.0780. The van der Waals surface area contributed by atoms with E-state index in [1.807, 2.05) is 61.6 Å². The van der Waals surface area contributed by atoms with E-state index in [1.165, 1.54) is 0 Å². The van der Waals surface area contributed by atoms with Crippen LogP contribution in [0.4, 0.5) is 0 Å². The van der Waals surface area contributed by atoms with E-state index in [4.69, 9.17) is 0 Å². The summed E-state index contributed by atoms with van der Waals surface area (Å²) in [6.07, 6.45) is 0. The van der Waals surface area contributed by atoms with Gasteiger partial charge in [0.2, 0.25) is 0 Å². The first-order valence-corrected chi connectivity index (χ1v) is 7.50. The van der Waals surface area contributed by atoms with Gasteiger partial charge in [0.1, 0.15) is 5.69 Å². The molecule has 0 bridgehead atoms. The summed E-state index contributed by atoms with van der Waals surface area (Å²) in [6.45, 7) is 0.577. The Labute approximate surface area is 131 Å². The Balaban J connectivity index is 1.80. The van der Waals surface area contributed by atoms with Gasteiger partial charge in [0.25, 0.3) is 5.91 Å². The number of H-pyrrole nitrogens is 1. The molecule has 3 aromatic rings. The van der Waals surface area contributed by atoms with E-state index in [-0.39, 0.29) is 5.91 Å². The molecule has 4 heteroatoms. The van der Waals surface area contributed by atoms with Crippen LogP contribution in [0.15, 0.2) is 59.1 Å². The second-order valence-electron chi connectivity index (χ2n) is 5.06. The van der Waals surface area contributed by atoms with E-state index in [9.17, 15) is 4.79 Å². The highest BCUT2D eigenvalue weighted by molar-refractivity contribution is 9.10. The Kier molecular flexibility index (Phi) is 3.80. The average Bonchev–Trinajstić information content (AvgIpc) is 2.90. The molecule has 0 spiro atoms. The number of fused-ring (bicyclic) bond motifs is 1. The van der Waals surface area contributed by atoms with E-state index in [1.54, 1.807) is 4.90 Å². The van der Waals surface area contributed by atoms with Gasteiger partial charge < -0.3 is 9.88 Å². The number of carbonyl (C=O) groups is 1. The van der Waals surface area contributed by atoms with Gasteiger partial charge in [-0.25, -0.2) is 0 Å². The number of nitrogens with zero attached hydrogens (tertiary/aromatic N) is 1. The summed E-state index contributed by atoms with van der Waals surface area (Å²) < 4.78 is 1.02. The van der Waals surface area contributed by atoms with Crippen LogP contribution in [-0.2, 0) is 6.54 Å². The van der Waals surface area contributed by atoms with E-state index < -0.39 is 0 Å². The van der Waals surface area contributed by atoms with E-state index in [2.05, 4.69) is 20.9 Å². The van der Waals surface area contributed by atoms with Gasteiger partial charge in [0, 0.05) is 29.0 Å². The molecule has 0 atom stereocenters. The molecule has 2 aromatic carbocycles. The zero-order valence-corrected chi connectivity index (χ0v) is 13.2. The Morgan fingerprint density at radius 1 is 1.14 bits per heavy atom. The maximum absolute atomic E-state index is 12.5. The van der Waals surface area contributed by atoms with Gasteiger partial charge in [0.15, 0.2) is 0 Å². The van der Waals surface area contributed by atoms with Gasteiger partial charge >= 0.3 is 0 Å². The van der Waals surface area contributed by atoms with Crippen LogP contribution >= 0.6 is 15.9 Å². The second-order valence-corrected chi connectivity index (χ2v) is 5.98. The van der Waals surface area contributed by atoms with Crippen molar-refractivity contribution in [2.24, 2.45) is 0 Å². The number of para-hydroxylation sites is 1. The average molecular weight is 343 g/mol. The summed E-state index contributed by atoms with van der Waals surface area (Å²) in [5.41, 5.74) is 2.70. The number of amides is 1. The predicted octanol–water partition coefficient (Wildman–Crippen LogP) is 4.20. The van der Waals surface area contributed by atoms with Gasteiger partial charge in [-0.05, 0) is 29.8 Å². The minimum atomic E-state index is -0.00817. The molecule has 1 amide bonds. The summed E-state index contributed by atoms with van der Waals surface area (Å²) in [5.74, 6) is -0.00817. The number of rotatable bonds is 3. The summed E-state index contributed by atoms with van der Waals surface area (Å²) in [4.78, 5) is 17.4. The number of aromatic nitrogens is 1. The number of aromatic amines is 1. The number of carbonyl (C=O) groups excluding carboxylic acids is 1. The summed E-state index contributed by atoms with van der Waals surface area (Å²) in [6, 6.07) is 17.8. The number of benzene rings is 2. The molecule has 0 unspecified atom stereocenters. The monoisotopic (exact) mass is 342 g/mol. The van der Waals surface area contributed by atoms with Crippen LogP contribution in [0.3, 0.4) is 0 Å². The Morgan fingerprint density at radius 3 is 2.71 bits per heavy atom.